The molecule has 0 saturated heterocycles. The fourth-order valence-corrected chi connectivity index (χ4v) is 1.50. The van der Waals surface area contributed by atoms with Gasteiger partial charge in [-0.05, 0) is 18.9 Å². The molecule has 1 aromatic rings. The molecule has 16 heavy (non-hydrogen) atoms. The van der Waals surface area contributed by atoms with Crippen LogP contribution in [0.5, 0.6) is 0 Å². The molecule has 2 rings (SSSR count). The molecule has 0 radical (unpaired) electrons. The molecule has 0 aliphatic heterocycles. The number of nitrogens with one attached hydrogen (secondary N) is 1. The zero-order valence-electron chi connectivity index (χ0n) is 9.70. The maximum absolute atomic E-state index is 5.47. The van der Waals surface area contributed by atoms with Crippen molar-refractivity contribution in [3.63, 3.8) is 0 Å². The SMILES string of the molecule is COCCOCc1ccoc1CNC1CC1. The summed E-state index contributed by atoms with van der Waals surface area (Å²) in [6.45, 7) is 2.66. The predicted octanol–water partition coefficient (Wildman–Crippen LogP) is 1.69. The van der Waals surface area contributed by atoms with Crippen molar-refractivity contribution < 1.29 is 13.9 Å². The highest BCUT2D eigenvalue weighted by Crippen LogP contribution is 2.20. The molecule has 90 valence electrons. The lowest BCUT2D eigenvalue weighted by Gasteiger charge is -2.05. The van der Waals surface area contributed by atoms with Gasteiger partial charge in [0.25, 0.3) is 0 Å². The van der Waals surface area contributed by atoms with Crippen molar-refractivity contribution in [2.75, 3.05) is 20.3 Å². The van der Waals surface area contributed by atoms with Gasteiger partial charge in [-0.3, -0.25) is 0 Å². The molecule has 1 aromatic heterocycles. The predicted molar refractivity (Wildman–Crippen MR) is 60.1 cm³/mol. The van der Waals surface area contributed by atoms with Crippen molar-refractivity contribution in [3.8, 4) is 0 Å². The first kappa shape index (κ1) is 11.6. The molecule has 4 heteroatoms. The van der Waals surface area contributed by atoms with Crippen LogP contribution in [0.4, 0.5) is 0 Å². The Balaban J connectivity index is 1.71. The van der Waals surface area contributed by atoms with Gasteiger partial charge in [0.1, 0.15) is 5.76 Å². The second kappa shape index (κ2) is 6.03. The number of hydrogen-bond donors (Lipinski definition) is 1. The molecule has 4 nitrogen and oxygen atoms in total. The molecule has 0 amide bonds. The lowest BCUT2D eigenvalue weighted by atomic mass is 10.2. The van der Waals surface area contributed by atoms with E-state index in [-0.39, 0.29) is 0 Å². The summed E-state index contributed by atoms with van der Waals surface area (Å²) in [5.41, 5.74) is 1.13. The second-order valence-corrected chi connectivity index (χ2v) is 4.07. The highest BCUT2D eigenvalue weighted by Gasteiger charge is 2.21. The molecule has 1 N–H and O–H groups in total. The highest BCUT2D eigenvalue weighted by molar-refractivity contribution is 5.16. The average Bonchev–Trinajstić information content (AvgIpc) is 3.02. The monoisotopic (exact) mass is 225 g/mol. The maximum Gasteiger partial charge on any atom is 0.123 e. The molecule has 1 saturated carbocycles. The third kappa shape index (κ3) is 3.63. The number of rotatable bonds is 8. The van der Waals surface area contributed by atoms with Crippen LogP contribution in [0.3, 0.4) is 0 Å². The van der Waals surface area contributed by atoms with Crippen molar-refractivity contribution in [2.45, 2.75) is 32.0 Å². The van der Waals surface area contributed by atoms with E-state index in [0.29, 0.717) is 25.9 Å². The molecular weight excluding hydrogens is 206 g/mol. The van der Waals surface area contributed by atoms with E-state index >= 15 is 0 Å². The van der Waals surface area contributed by atoms with Crippen molar-refractivity contribution in [3.05, 3.63) is 23.7 Å². The first-order valence-electron chi connectivity index (χ1n) is 5.75. The van der Waals surface area contributed by atoms with E-state index in [0.717, 1.165) is 17.9 Å². The van der Waals surface area contributed by atoms with Gasteiger partial charge < -0.3 is 19.2 Å². The first-order valence-corrected chi connectivity index (χ1v) is 5.75. The maximum atomic E-state index is 5.47. The molecule has 1 aliphatic rings. The van der Waals surface area contributed by atoms with Crippen LogP contribution in [-0.4, -0.2) is 26.4 Å². The zero-order chi connectivity index (χ0) is 11.2. The minimum absolute atomic E-state index is 0.599. The Labute approximate surface area is 95.9 Å². The van der Waals surface area contributed by atoms with Crippen LogP contribution in [0.25, 0.3) is 0 Å². The lowest BCUT2D eigenvalue weighted by molar-refractivity contribution is 0.0610. The summed E-state index contributed by atoms with van der Waals surface area (Å²) >= 11 is 0. The van der Waals surface area contributed by atoms with Crippen molar-refractivity contribution in [1.29, 1.82) is 0 Å². The lowest BCUT2D eigenvalue weighted by Crippen LogP contribution is -2.16. The van der Waals surface area contributed by atoms with Crippen LogP contribution in [0.15, 0.2) is 16.7 Å². The Morgan fingerprint density at radius 3 is 3.06 bits per heavy atom. The van der Waals surface area contributed by atoms with Gasteiger partial charge in [-0.1, -0.05) is 0 Å². The summed E-state index contributed by atoms with van der Waals surface area (Å²) in [7, 11) is 1.67. The molecule has 0 bridgehead atoms. The van der Waals surface area contributed by atoms with Gasteiger partial charge in [0.15, 0.2) is 0 Å². The molecule has 0 unspecified atom stereocenters. The molecule has 0 aromatic carbocycles. The Hall–Kier alpha value is -0.840. The van der Waals surface area contributed by atoms with E-state index in [1.165, 1.54) is 12.8 Å². The molecular formula is C12H19NO3. The zero-order valence-corrected chi connectivity index (χ0v) is 9.70. The minimum atomic E-state index is 0.599. The molecule has 0 spiro atoms. The summed E-state index contributed by atoms with van der Waals surface area (Å²) in [6.07, 6.45) is 4.31. The first-order chi connectivity index (χ1) is 7.90. The van der Waals surface area contributed by atoms with Crippen molar-refractivity contribution >= 4 is 0 Å². The van der Waals surface area contributed by atoms with E-state index in [1.54, 1.807) is 13.4 Å². The third-order valence-electron chi connectivity index (χ3n) is 2.66. The Bertz CT molecular complexity index is 307. The van der Waals surface area contributed by atoms with Crippen LogP contribution in [0, 0.1) is 0 Å². The number of ether oxygens (including phenoxy) is 2. The molecule has 1 aliphatic carbocycles. The highest BCUT2D eigenvalue weighted by atomic mass is 16.5. The standard InChI is InChI=1S/C12H19NO3/c1-14-6-7-15-9-10-4-5-16-12(10)8-13-11-2-3-11/h4-5,11,13H,2-3,6-9H2,1H3. The quantitative estimate of drug-likeness (QED) is 0.684. The van der Waals surface area contributed by atoms with Gasteiger partial charge in [0.2, 0.25) is 0 Å². The smallest absolute Gasteiger partial charge is 0.123 e. The number of furan rings is 1. The van der Waals surface area contributed by atoms with Crippen LogP contribution >= 0.6 is 0 Å². The Morgan fingerprint density at radius 1 is 1.44 bits per heavy atom. The fraction of sp³-hybridized carbons (Fsp3) is 0.667. The van der Waals surface area contributed by atoms with Gasteiger partial charge in [0, 0.05) is 18.7 Å². The topological polar surface area (TPSA) is 43.6 Å². The molecule has 1 fully saturated rings. The van der Waals surface area contributed by atoms with Crippen molar-refractivity contribution in [2.24, 2.45) is 0 Å². The number of methoxy groups -OCH3 is 1. The molecule has 0 atom stereocenters. The van der Waals surface area contributed by atoms with Gasteiger partial charge in [-0.15, -0.1) is 0 Å². The van der Waals surface area contributed by atoms with Gasteiger partial charge in [-0.2, -0.15) is 0 Å². The second-order valence-electron chi connectivity index (χ2n) is 4.07. The number of hydrogen-bond acceptors (Lipinski definition) is 4. The average molecular weight is 225 g/mol. The summed E-state index contributed by atoms with van der Waals surface area (Å²) in [5.74, 6) is 0.990. The van der Waals surface area contributed by atoms with Crippen molar-refractivity contribution in [1.82, 2.24) is 5.32 Å². The molecule has 1 heterocycles. The Morgan fingerprint density at radius 2 is 2.31 bits per heavy atom. The third-order valence-corrected chi connectivity index (χ3v) is 2.66. The van der Waals surface area contributed by atoms with E-state index < -0.39 is 0 Å². The van der Waals surface area contributed by atoms with E-state index in [9.17, 15) is 0 Å². The fourth-order valence-electron chi connectivity index (χ4n) is 1.50. The summed E-state index contributed by atoms with van der Waals surface area (Å²) in [4.78, 5) is 0. The van der Waals surface area contributed by atoms with Crippen LogP contribution < -0.4 is 5.32 Å². The summed E-state index contributed by atoms with van der Waals surface area (Å²) in [5, 5.41) is 3.43. The summed E-state index contributed by atoms with van der Waals surface area (Å²) < 4.78 is 15.8. The largest absolute Gasteiger partial charge is 0.468 e. The summed E-state index contributed by atoms with van der Waals surface area (Å²) in [6, 6.07) is 2.67. The Kier molecular flexibility index (Phi) is 4.39. The van der Waals surface area contributed by atoms with E-state index in [1.807, 2.05) is 6.07 Å². The van der Waals surface area contributed by atoms with Gasteiger partial charge >= 0.3 is 0 Å². The normalized spacial score (nSPS) is 15.6. The van der Waals surface area contributed by atoms with Crippen LogP contribution in [0.1, 0.15) is 24.2 Å². The van der Waals surface area contributed by atoms with E-state index in [2.05, 4.69) is 5.32 Å². The van der Waals surface area contributed by atoms with Crippen LogP contribution in [-0.2, 0) is 22.6 Å². The minimum Gasteiger partial charge on any atom is -0.468 e. The van der Waals surface area contributed by atoms with Gasteiger partial charge in [-0.25, -0.2) is 0 Å². The van der Waals surface area contributed by atoms with Crippen LogP contribution in [0.2, 0.25) is 0 Å². The van der Waals surface area contributed by atoms with E-state index in [4.69, 9.17) is 13.9 Å². The van der Waals surface area contributed by atoms with Gasteiger partial charge in [0.05, 0.1) is 32.6 Å².